The summed E-state index contributed by atoms with van der Waals surface area (Å²) in [6.45, 7) is 3.76. The molecule has 4 heteroatoms. The first-order valence-corrected chi connectivity index (χ1v) is 5.20. The quantitative estimate of drug-likeness (QED) is 0.754. The molecule has 1 aromatic carbocycles. The number of para-hydroxylation sites is 1. The lowest BCUT2D eigenvalue weighted by molar-refractivity contribution is -0.119. The lowest BCUT2D eigenvalue weighted by Crippen LogP contribution is -2.33. The topological polar surface area (TPSA) is 41.1 Å². The van der Waals surface area contributed by atoms with Crippen molar-refractivity contribution in [3.8, 4) is 0 Å². The molecule has 3 nitrogen and oxygen atoms in total. The average Bonchev–Trinajstić information content (AvgIpc) is 2.21. The van der Waals surface area contributed by atoms with Gasteiger partial charge in [0.15, 0.2) is 5.11 Å². The summed E-state index contributed by atoms with van der Waals surface area (Å²) >= 11 is 5.00. The van der Waals surface area contributed by atoms with E-state index in [1.54, 1.807) is 6.92 Å². The first-order valence-electron chi connectivity index (χ1n) is 4.80. The van der Waals surface area contributed by atoms with E-state index in [1.165, 1.54) is 0 Å². The molecule has 0 aromatic heterocycles. The maximum absolute atomic E-state index is 11.1. The number of nitrogens with one attached hydrogen (secondary N) is 2. The van der Waals surface area contributed by atoms with Gasteiger partial charge in [-0.1, -0.05) is 25.1 Å². The second-order valence-electron chi connectivity index (χ2n) is 3.17. The summed E-state index contributed by atoms with van der Waals surface area (Å²) in [5.74, 6) is -0.0823. The van der Waals surface area contributed by atoms with Crippen molar-refractivity contribution in [1.29, 1.82) is 0 Å². The van der Waals surface area contributed by atoms with Gasteiger partial charge in [0.25, 0.3) is 0 Å². The first kappa shape index (κ1) is 11.7. The Hall–Kier alpha value is -1.42. The summed E-state index contributed by atoms with van der Waals surface area (Å²) in [5.41, 5.74) is 2.00. The fraction of sp³-hybridized carbons (Fsp3) is 0.273. The number of hydrogen-bond donors (Lipinski definition) is 2. The Labute approximate surface area is 94.9 Å². The van der Waals surface area contributed by atoms with Crippen LogP contribution < -0.4 is 10.6 Å². The van der Waals surface area contributed by atoms with Crippen molar-refractivity contribution in [3.05, 3.63) is 29.8 Å². The normalized spacial score (nSPS) is 9.47. The minimum atomic E-state index is -0.0823. The Bertz CT molecular complexity index is 377. The number of hydrogen-bond acceptors (Lipinski definition) is 2. The predicted octanol–water partition coefficient (Wildman–Crippen LogP) is 2.22. The van der Waals surface area contributed by atoms with Crippen LogP contribution in [0.3, 0.4) is 0 Å². The summed E-state index contributed by atoms with van der Waals surface area (Å²) in [6, 6.07) is 7.76. The van der Waals surface area contributed by atoms with Crippen LogP contribution in [0.4, 0.5) is 5.69 Å². The maximum atomic E-state index is 11.1. The lowest BCUT2D eigenvalue weighted by Gasteiger charge is -2.10. The van der Waals surface area contributed by atoms with Crippen LogP contribution in [0.25, 0.3) is 0 Å². The SMILES string of the molecule is CCC(=O)NC(=S)Nc1ccccc1C. The molecule has 0 unspecified atom stereocenters. The number of thiocarbonyl (C=S) groups is 1. The maximum Gasteiger partial charge on any atom is 0.225 e. The van der Waals surface area contributed by atoms with E-state index in [4.69, 9.17) is 12.2 Å². The molecule has 0 aliphatic rings. The first-order chi connectivity index (χ1) is 7.13. The molecule has 0 fully saturated rings. The van der Waals surface area contributed by atoms with Crippen molar-refractivity contribution in [2.75, 3.05) is 5.32 Å². The Kier molecular flexibility index (Phi) is 4.24. The van der Waals surface area contributed by atoms with Crippen molar-refractivity contribution >= 4 is 28.9 Å². The molecule has 1 amide bonds. The van der Waals surface area contributed by atoms with Gasteiger partial charge in [-0.15, -0.1) is 0 Å². The van der Waals surface area contributed by atoms with Crippen LogP contribution in [-0.2, 0) is 4.79 Å². The molecule has 0 aliphatic heterocycles. The highest BCUT2D eigenvalue weighted by Gasteiger charge is 2.02. The van der Waals surface area contributed by atoms with Crippen molar-refractivity contribution in [3.63, 3.8) is 0 Å². The smallest absolute Gasteiger partial charge is 0.225 e. The molecule has 0 atom stereocenters. The minimum Gasteiger partial charge on any atom is -0.332 e. The number of carbonyl (C=O) groups excluding carboxylic acids is 1. The third kappa shape index (κ3) is 3.67. The number of anilines is 1. The summed E-state index contributed by atoms with van der Waals surface area (Å²) in [7, 11) is 0. The van der Waals surface area contributed by atoms with Gasteiger partial charge >= 0.3 is 0 Å². The summed E-state index contributed by atoms with van der Waals surface area (Å²) in [6.07, 6.45) is 0.426. The van der Waals surface area contributed by atoms with E-state index in [2.05, 4.69) is 10.6 Å². The Morgan fingerprint density at radius 2 is 2.07 bits per heavy atom. The zero-order chi connectivity index (χ0) is 11.3. The Balaban J connectivity index is 2.59. The van der Waals surface area contributed by atoms with E-state index in [-0.39, 0.29) is 5.91 Å². The lowest BCUT2D eigenvalue weighted by atomic mass is 10.2. The predicted molar refractivity (Wildman–Crippen MR) is 65.8 cm³/mol. The zero-order valence-electron chi connectivity index (χ0n) is 8.83. The van der Waals surface area contributed by atoms with Gasteiger partial charge in [0.2, 0.25) is 5.91 Å². The molecule has 0 bridgehead atoms. The number of amides is 1. The monoisotopic (exact) mass is 222 g/mol. The van der Waals surface area contributed by atoms with Crippen LogP contribution in [-0.4, -0.2) is 11.0 Å². The van der Waals surface area contributed by atoms with Crippen molar-refractivity contribution in [2.45, 2.75) is 20.3 Å². The number of aryl methyl sites for hydroxylation is 1. The third-order valence-electron chi connectivity index (χ3n) is 1.97. The van der Waals surface area contributed by atoms with Gasteiger partial charge in [-0.05, 0) is 30.8 Å². The molecule has 0 saturated heterocycles. The third-order valence-corrected chi connectivity index (χ3v) is 2.17. The fourth-order valence-corrected chi connectivity index (χ4v) is 1.31. The molecule has 1 rings (SSSR count). The van der Waals surface area contributed by atoms with Crippen molar-refractivity contribution < 1.29 is 4.79 Å². The van der Waals surface area contributed by atoms with Crippen molar-refractivity contribution in [1.82, 2.24) is 5.32 Å². The Morgan fingerprint density at radius 1 is 1.40 bits per heavy atom. The van der Waals surface area contributed by atoms with Crippen LogP contribution in [0.2, 0.25) is 0 Å². The average molecular weight is 222 g/mol. The van der Waals surface area contributed by atoms with E-state index in [9.17, 15) is 4.79 Å². The van der Waals surface area contributed by atoms with E-state index in [0.717, 1.165) is 11.3 Å². The number of carbonyl (C=O) groups is 1. The number of rotatable bonds is 2. The van der Waals surface area contributed by atoms with Gasteiger partial charge < -0.3 is 10.6 Å². The van der Waals surface area contributed by atoms with Crippen LogP contribution in [0.15, 0.2) is 24.3 Å². The largest absolute Gasteiger partial charge is 0.332 e. The van der Waals surface area contributed by atoms with Gasteiger partial charge in [-0.2, -0.15) is 0 Å². The van der Waals surface area contributed by atoms with Crippen LogP contribution in [0.5, 0.6) is 0 Å². The zero-order valence-corrected chi connectivity index (χ0v) is 9.65. The molecule has 1 aromatic rings. The highest BCUT2D eigenvalue weighted by atomic mass is 32.1. The van der Waals surface area contributed by atoms with Gasteiger partial charge in [0.05, 0.1) is 0 Å². The second-order valence-corrected chi connectivity index (χ2v) is 3.58. The van der Waals surface area contributed by atoms with E-state index < -0.39 is 0 Å². The summed E-state index contributed by atoms with van der Waals surface area (Å²) in [4.78, 5) is 11.1. The van der Waals surface area contributed by atoms with Crippen LogP contribution >= 0.6 is 12.2 Å². The standard InChI is InChI=1S/C11H14N2OS/c1-3-10(14)13-11(15)12-9-7-5-4-6-8(9)2/h4-7H,3H2,1-2H3,(H2,12,13,14,15). The molecule has 0 radical (unpaired) electrons. The van der Waals surface area contributed by atoms with E-state index >= 15 is 0 Å². The highest BCUT2D eigenvalue weighted by molar-refractivity contribution is 7.80. The fourth-order valence-electron chi connectivity index (χ4n) is 1.08. The van der Waals surface area contributed by atoms with Crippen molar-refractivity contribution in [2.24, 2.45) is 0 Å². The molecule has 15 heavy (non-hydrogen) atoms. The Morgan fingerprint density at radius 3 is 2.67 bits per heavy atom. The van der Waals surface area contributed by atoms with Gasteiger partial charge in [-0.3, -0.25) is 4.79 Å². The van der Waals surface area contributed by atoms with Gasteiger partial charge in [0, 0.05) is 12.1 Å². The molecule has 0 saturated carbocycles. The van der Waals surface area contributed by atoms with Crippen LogP contribution in [0, 0.1) is 6.92 Å². The molecular weight excluding hydrogens is 208 g/mol. The molecule has 0 aliphatic carbocycles. The molecular formula is C11H14N2OS. The summed E-state index contributed by atoms with van der Waals surface area (Å²) < 4.78 is 0. The van der Waals surface area contributed by atoms with E-state index in [0.29, 0.717) is 11.5 Å². The molecule has 80 valence electrons. The van der Waals surface area contributed by atoms with Gasteiger partial charge in [0.1, 0.15) is 0 Å². The molecule has 0 spiro atoms. The van der Waals surface area contributed by atoms with Gasteiger partial charge in [-0.25, -0.2) is 0 Å². The van der Waals surface area contributed by atoms with E-state index in [1.807, 2.05) is 31.2 Å². The van der Waals surface area contributed by atoms with Crippen LogP contribution in [0.1, 0.15) is 18.9 Å². The highest BCUT2D eigenvalue weighted by Crippen LogP contribution is 2.12. The molecule has 2 N–H and O–H groups in total. The number of benzene rings is 1. The minimum absolute atomic E-state index is 0.0823. The summed E-state index contributed by atoms with van der Waals surface area (Å²) in [5, 5.41) is 5.91. The second kappa shape index (κ2) is 5.46. The molecule has 0 heterocycles.